The number of amides is 1. The van der Waals surface area contributed by atoms with Crippen LogP contribution in [-0.2, 0) is 6.54 Å². The van der Waals surface area contributed by atoms with Crippen molar-refractivity contribution in [1.82, 2.24) is 10.3 Å². The number of thiophene rings is 1. The molecule has 1 aliphatic rings. The third kappa shape index (κ3) is 3.54. The van der Waals surface area contributed by atoms with Crippen LogP contribution in [-0.4, -0.2) is 24.0 Å². The first-order valence-electron chi connectivity index (χ1n) is 7.06. The fourth-order valence-corrected chi connectivity index (χ4v) is 3.92. The number of halogens is 2. The first-order chi connectivity index (χ1) is 10.6. The van der Waals surface area contributed by atoms with Gasteiger partial charge in [0.05, 0.1) is 9.90 Å². The molecule has 22 heavy (non-hydrogen) atoms. The Labute approximate surface area is 143 Å². The van der Waals surface area contributed by atoms with E-state index in [0.717, 1.165) is 24.5 Å². The number of hydrogen-bond acceptors (Lipinski definition) is 4. The molecule has 0 aromatic carbocycles. The second kappa shape index (κ2) is 6.86. The molecule has 0 atom stereocenters. The minimum absolute atomic E-state index is 0.215. The van der Waals surface area contributed by atoms with Gasteiger partial charge in [-0.15, -0.1) is 11.3 Å². The molecule has 0 bridgehead atoms. The second-order valence-electron chi connectivity index (χ2n) is 5.14. The summed E-state index contributed by atoms with van der Waals surface area (Å²) in [6.07, 6.45) is 4.20. The van der Waals surface area contributed by atoms with E-state index in [-0.39, 0.29) is 5.91 Å². The van der Waals surface area contributed by atoms with Crippen molar-refractivity contribution in [1.29, 1.82) is 0 Å². The Balaban J connectivity index is 1.65. The zero-order valence-corrected chi connectivity index (χ0v) is 14.1. The fraction of sp³-hybridized carbons (Fsp3) is 0.333. The average Bonchev–Trinajstić information content (AvgIpc) is 3.15. The minimum Gasteiger partial charge on any atom is -0.357 e. The van der Waals surface area contributed by atoms with E-state index in [4.69, 9.17) is 23.2 Å². The third-order valence-corrected chi connectivity index (χ3v) is 5.08. The molecule has 1 saturated heterocycles. The molecule has 116 valence electrons. The molecule has 4 nitrogen and oxygen atoms in total. The van der Waals surface area contributed by atoms with E-state index in [2.05, 4.69) is 15.2 Å². The number of pyridine rings is 1. The van der Waals surface area contributed by atoms with E-state index in [1.54, 1.807) is 12.3 Å². The minimum atomic E-state index is -0.215. The maximum Gasteiger partial charge on any atom is 0.253 e. The van der Waals surface area contributed by atoms with Crippen molar-refractivity contribution in [3.8, 4) is 0 Å². The number of hydrogen-bond donors (Lipinski definition) is 1. The zero-order chi connectivity index (χ0) is 15.5. The Morgan fingerprint density at radius 2 is 2.09 bits per heavy atom. The monoisotopic (exact) mass is 355 g/mol. The van der Waals surface area contributed by atoms with Gasteiger partial charge in [-0.2, -0.15) is 0 Å². The topological polar surface area (TPSA) is 45.2 Å². The lowest BCUT2D eigenvalue weighted by Crippen LogP contribution is -2.23. The fourth-order valence-electron chi connectivity index (χ4n) is 2.46. The average molecular weight is 356 g/mol. The van der Waals surface area contributed by atoms with Crippen LogP contribution < -0.4 is 10.2 Å². The molecule has 0 aliphatic carbocycles. The van der Waals surface area contributed by atoms with Gasteiger partial charge in [-0.1, -0.05) is 23.2 Å². The molecule has 1 fully saturated rings. The van der Waals surface area contributed by atoms with Crippen LogP contribution in [0.3, 0.4) is 0 Å². The highest BCUT2D eigenvalue weighted by Gasteiger charge is 2.15. The summed E-state index contributed by atoms with van der Waals surface area (Å²) in [6, 6.07) is 5.52. The Hall–Kier alpha value is -1.30. The second-order valence-corrected chi connectivity index (χ2v) is 7.42. The van der Waals surface area contributed by atoms with Gasteiger partial charge in [-0.05, 0) is 36.6 Å². The van der Waals surface area contributed by atoms with Crippen LogP contribution in [0.25, 0.3) is 0 Å². The van der Waals surface area contributed by atoms with E-state index >= 15 is 0 Å². The van der Waals surface area contributed by atoms with Gasteiger partial charge >= 0.3 is 0 Å². The summed E-state index contributed by atoms with van der Waals surface area (Å²) in [4.78, 5) is 18.8. The molecule has 7 heteroatoms. The summed E-state index contributed by atoms with van der Waals surface area (Å²) in [6.45, 7) is 2.53. The molecule has 0 spiro atoms. The van der Waals surface area contributed by atoms with Gasteiger partial charge in [0.2, 0.25) is 0 Å². The highest BCUT2D eigenvalue weighted by molar-refractivity contribution is 7.20. The van der Waals surface area contributed by atoms with E-state index in [0.29, 0.717) is 20.8 Å². The largest absolute Gasteiger partial charge is 0.357 e. The van der Waals surface area contributed by atoms with Crippen molar-refractivity contribution in [2.24, 2.45) is 0 Å². The smallest absolute Gasteiger partial charge is 0.253 e. The van der Waals surface area contributed by atoms with E-state index in [1.165, 1.54) is 24.2 Å². The first kappa shape index (κ1) is 15.6. The van der Waals surface area contributed by atoms with Gasteiger partial charge in [0.25, 0.3) is 5.91 Å². The molecular weight excluding hydrogens is 341 g/mol. The Morgan fingerprint density at radius 1 is 1.32 bits per heavy atom. The predicted molar refractivity (Wildman–Crippen MR) is 91.2 cm³/mol. The molecule has 0 radical (unpaired) electrons. The van der Waals surface area contributed by atoms with E-state index < -0.39 is 0 Å². The third-order valence-electron chi connectivity index (χ3n) is 3.59. The van der Waals surface area contributed by atoms with Crippen LogP contribution in [0.1, 0.15) is 28.8 Å². The molecule has 1 amide bonds. The zero-order valence-electron chi connectivity index (χ0n) is 11.8. The lowest BCUT2D eigenvalue weighted by molar-refractivity contribution is 0.0951. The molecular formula is C15H15Cl2N3OS. The predicted octanol–water partition coefficient (Wildman–Crippen LogP) is 3.98. The van der Waals surface area contributed by atoms with Crippen LogP contribution in [0, 0.1) is 0 Å². The molecule has 0 saturated carbocycles. The van der Waals surface area contributed by atoms with Crippen molar-refractivity contribution in [3.63, 3.8) is 0 Å². The molecule has 2 aromatic rings. The SMILES string of the molecule is O=C(NCc1ccnc(N2CCCC2)c1)c1cc(Cl)sc1Cl. The molecule has 3 heterocycles. The maximum atomic E-state index is 12.1. The summed E-state index contributed by atoms with van der Waals surface area (Å²) in [5, 5.41) is 2.87. The van der Waals surface area contributed by atoms with Crippen LogP contribution in [0.2, 0.25) is 8.67 Å². The van der Waals surface area contributed by atoms with E-state index in [9.17, 15) is 4.79 Å². The van der Waals surface area contributed by atoms with Gasteiger partial charge in [0.15, 0.2) is 0 Å². The summed E-state index contributed by atoms with van der Waals surface area (Å²) < 4.78 is 0.922. The van der Waals surface area contributed by atoms with Crippen LogP contribution >= 0.6 is 34.5 Å². The number of nitrogens with one attached hydrogen (secondary N) is 1. The van der Waals surface area contributed by atoms with Gasteiger partial charge in [-0.3, -0.25) is 4.79 Å². The Morgan fingerprint density at radius 3 is 2.77 bits per heavy atom. The molecule has 1 aliphatic heterocycles. The Kier molecular flexibility index (Phi) is 4.86. The normalized spacial score (nSPS) is 14.4. The molecule has 3 rings (SSSR count). The van der Waals surface area contributed by atoms with E-state index in [1.807, 2.05) is 12.1 Å². The van der Waals surface area contributed by atoms with Crippen molar-refractivity contribution in [2.45, 2.75) is 19.4 Å². The quantitative estimate of drug-likeness (QED) is 0.901. The molecule has 0 unspecified atom stereocenters. The highest BCUT2D eigenvalue weighted by atomic mass is 35.5. The molecule has 1 N–H and O–H groups in total. The number of nitrogens with zero attached hydrogens (tertiary/aromatic N) is 2. The summed E-state index contributed by atoms with van der Waals surface area (Å²) in [5.74, 6) is 0.758. The van der Waals surface area contributed by atoms with Gasteiger partial charge in [-0.25, -0.2) is 4.98 Å². The number of aromatic nitrogens is 1. The lowest BCUT2D eigenvalue weighted by Gasteiger charge is -2.17. The standard InChI is InChI=1S/C15H15Cl2N3OS/c16-12-8-11(14(17)22-12)15(21)19-9-10-3-4-18-13(7-10)20-5-1-2-6-20/h3-4,7-8H,1-2,5-6,9H2,(H,19,21). The number of anilines is 1. The number of carbonyl (C=O) groups excluding carboxylic acids is 1. The first-order valence-corrected chi connectivity index (χ1v) is 8.63. The van der Waals surface area contributed by atoms with Crippen LogP contribution in [0.15, 0.2) is 24.4 Å². The van der Waals surface area contributed by atoms with Gasteiger partial charge < -0.3 is 10.2 Å². The summed E-state index contributed by atoms with van der Waals surface area (Å²) >= 11 is 13.0. The summed E-state index contributed by atoms with van der Waals surface area (Å²) in [5.41, 5.74) is 1.44. The van der Waals surface area contributed by atoms with Crippen LogP contribution in [0.5, 0.6) is 0 Å². The Bertz CT molecular complexity index is 683. The van der Waals surface area contributed by atoms with Gasteiger partial charge in [0, 0.05) is 25.8 Å². The maximum absolute atomic E-state index is 12.1. The van der Waals surface area contributed by atoms with Gasteiger partial charge in [0.1, 0.15) is 10.2 Å². The van der Waals surface area contributed by atoms with Crippen molar-refractivity contribution in [2.75, 3.05) is 18.0 Å². The molecule has 2 aromatic heterocycles. The van der Waals surface area contributed by atoms with Crippen LogP contribution in [0.4, 0.5) is 5.82 Å². The van der Waals surface area contributed by atoms with Crippen molar-refractivity contribution >= 4 is 46.3 Å². The summed E-state index contributed by atoms with van der Waals surface area (Å²) in [7, 11) is 0. The lowest BCUT2D eigenvalue weighted by atomic mass is 10.2. The van der Waals surface area contributed by atoms with Crippen molar-refractivity contribution in [3.05, 3.63) is 44.2 Å². The van der Waals surface area contributed by atoms with Crippen molar-refractivity contribution < 1.29 is 4.79 Å². The highest BCUT2D eigenvalue weighted by Crippen LogP contribution is 2.31. The number of carbonyl (C=O) groups is 1. The number of rotatable bonds is 4.